The molecule has 0 radical (unpaired) electrons. The molecule has 0 N–H and O–H groups in total. The fourth-order valence-electron chi connectivity index (χ4n) is 4.07. The summed E-state index contributed by atoms with van der Waals surface area (Å²) in [5.74, 6) is 0.707. The number of fused-ring (bicyclic) bond motifs is 1. The summed E-state index contributed by atoms with van der Waals surface area (Å²) < 4.78 is 22.7. The van der Waals surface area contributed by atoms with Crippen molar-refractivity contribution >= 4 is 12.6 Å². The molecule has 0 fully saturated rings. The molecule has 3 nitrogen and oxygen atoms in total. The van der Waals surface area contributed by atoms with E-state index < -0.39 is 7.29 Å². The number of methoxy groups -OCH3 is 1. The molecule has 0 spiro atoms. The summed E-state index contributed by atoms with van der Waals surface area (Å²) in [4.78, 5) is 0. The number of hydrogen-bond donors (Lipinski definition) is 0. The van der Waals surface area contributed by atoms with Gasteiger partial charge in [-0.15, -0.1) is 0 Å². The summed E-state index contributed by atoms with van der Waals surface area (Å²) in [7, 11) is -1.30. The molecule has 26 heavy (non-hydrogen) atoms. The van der Waals surface area contributed by atoms with Gasteiger partial charge in [0.05, 0.1) is 18.1 Å². The van der Waals surface area contributed by atoms with Gasteiger partial charge in [0.1, 0.15) is 5.75 Å². The third-order valence-corrected chi connectivity index (χ3v) is 9.21. The van der Waals surface area contributed by atoms with E-state index in [1.54, 1.807) is 7.11 Å². The van der Waals surface area contributed by atoms with Gasteiger partial charge in [0, 0.05) is 13.1 Å². The molecule has 2 atom stereocenters. The molecular weight excluding hydrogens is 341 g/mol. The molecule has 0 aromatic heterocycles. The Balaban J connectivity index is 2.30. The van der Waals surface area contributed by atoms with E-state index in [1.807, 2.05) is 24.3 Å². The second kappa shape index (κ2) is 7.82. The summed E-state index contributed by atoms with van der Waals surface area (Å²) in [6, 6.07) is 16.2. The second-order valence-electron chi connectivity index (χ2n) is 6.69. The third kappa shape index (κ3) is 3.04. The van der Waals surface area contributed by atoms with E-state index in [1.165, 1.54) is 16.7 Å². The van der Waals surface area contributed by atoms with Gasteiger partial charge >= 0.3 is 0 Å². The van der Waals surface area contributed by atoms with Crippen LogP contribution in [0.5, 0.6) is 5.75 Å². The van der Waals surface area contributed by atoms with Crippen molar-refractivity contribution in [2.45, 2.75) is 32.9 Å². The molecule has 0 aliphatic heterocycles. The maximum atomic E-state index is 14.9. The molecule has 0 saturated heterocycles. The van der Waals surface area contributed by atoms with E-state index >= 15 is 0 Å². The largest absolute Gasteiger partial charge is 0.496 e. The van der Waals surface area contributed by atoms with Gasteiger partial charge in [-0.25, -0.2) is 4.67 Å². The molecule has 2 aromatic rings. The zero-order valence-corrected chi connectivity index (χ0v) is 17.0. The highest BCUT2D eigenvalue weighted by Crippen LogP contribution is 2.65. The first-order valence-electron chi connectivity index (χ1n) is 9.31. The first-order valence-corrected chi connectivity index (χ1v) is 11.0. The first-order chi connectivity index (χ1) is 12.6. The average molecular weight is 369 g/mol. The van der Waals surface area contributed by atoms with Gasteiger partial charge in [-0.1, -0.05) is 61.9 Å². The number of nitrogens with zero attached hydrogens (tertiary/aromatic N) is 1. The lowest BCUT2D eigenvalue weighted by atomic mass is 9.92. The first kappa shape index (κ1) is 18.9. The van der Waals surface area contributed by atoms with Crippen molar-refractivity contribution in [3.63, 3.8) is 0 Å². The molecule has 2 aromatic carbocycles. The van der Waals surface area contributed by atoms with E-state index in [9.17, 15) is 4.57 Å². The molecule has 4 heteroatoms. The van der Waals surface area contributed by atoms with Crippen LogP contribution in [-0.2, 0) is 11.0 Å². The van der Waals surface area contributed by atoms with Crippen LogP contribution in [0.4, 0.5) is 0 Å². The van der Waals surface area contributed by atoms with Crippen molar-refractivity contribution in [1.29, 1.82) is 0 Å². The summed E-state index contributed by atoms with van der Waals surface area (Å²) in [5, 5.41) is 0.820. The molecule has 0 saturated carbocycles. The Morgan fingerprint density at radius 1 is 1.08 bits per heavy atom. The van der Waals surface area contributed by atoms with Gasteiger partial charge in [0.25, 0.3) is 0 Å². The lowest BCUT2D eigenvalue weighted by Gasteiger charge is -2.39. The molecule has 0 heterocycles. The molecule has 1 aliphatic carbocycles. The zero-order chi connectivity index (χ0) is 18.7. The summed E-state index contributed by atoms with van der Waals surface area (Å²) in [6.07, 6.45) is 3.14. The molecule has 0 bridgehead atoms. The summed E-state index contributed by atoms with van der Waals surface area (Å²) in [6.45, 7) is 7.75. The smallest absolute Gasteiger partial charge is 0.193 e. The number of para-hydroxylation sites is 1. The molecule has 2 unspecified atom stereocenters. The van der Waals surface area contributed by atoms with Gasteiger partial charge in [-0.2, -0.15) is 0 Å². The average Bonchev–Trinajstić information content (AvgIpc) is 2.68. The van der Waals surface area contributed by atoms with Crippen molar-refractivity contribution < 1.29 is 9.30 Å². The molecule has 0 amide bonds. The minimum absolute atomic E-state index is 0.136. The van der Waals surface area contributed by atoms with Crippen LogP contribution in [0, 0.1) is 0 Å². The Morgan fingerprint density at radius 2 is 1.73 bits per heavy atom. The van der Waals surface area contributed by atoms with Crippen LogP contribution in [0.3, 0.4) is 0 Å². The lowest BCUT2D eigenvalue weighted by Crippen LogP contribution is -2.31. The SMILES string of the molecule is CCN(CC)P(=O)(c1ccccc1OC)C1C(C)=CCc2ccccc21. The Kier molecular flexibility index (Phi) is 5.70. The van der Waals surface area contributed by atoms with E-state index in [2.05, 4.69) is 55.8 Å². The summed E-state index contributed by atoms with van der Waals surface area (Å²) >= 11 is 0. The van der Waals surface area contributed by atoms with Gasteiger partial charge in [0.2, 0.25) is 0 Å². The number of benzene rings is 2. The predicted octanol–water partition coefficient (Wildman–Crippen LogP) is 5.18. The zero-order valence-electron chi connectivity index (χ0n) is 16.1. The number of allylic oxidation sites excluding steroid dienone is 2. The van der Waals surface area contributed by atoms with Crippen LogP contribution < -0.4 is 10.0 Å². The van der Waals surface area contributed by atoms with Crippen LogP contribution in [0.2, 0.25) is 0 Å². The fraction of sp³-hybridized carbons (Fsp3) is 0.364. The van der Waals surface area contributed by atoms with Gasteiger partial charge in [-0.05, 0) is 36.6 Å². The molecular formula is C22H28NO2P. The normalized spacial score (nSPS) is 18.8. The number of hydrogen-bond acceptors (Lipinski definition) is 2. The Labute approximate surface area is 157 Å². The second-order valence-corrected chi connectivity index (χ2v) is 9.50. The van der Waals surface area contributed by atoms with Crippen LogP contribution in [0.15, 0.2) is 60.2 Å². The van der Waals surface area contributed by atoms with Crippen LogP contribution in [0.1, 0.15) is 37.6 Å². The predicted molar refractivity (Wildman–Crippen MR) is 110 cm³/mol. The molecule has 1 aliphatic rings. The van der Waals surface area contributed by atoms with Crippen molar-refractivity contribution in [2.75, 3.05) is 20.2 Å². The van der Waals surface area contributed by atoms with Gasteiger partial charge in [0.15, 0.2) is 7.29 Å². The third-order valence-electron chi connectivity index (χ3n) is 5.36. The quantitative estimate of drug-likeness (QED) is 0.519. The van der Waals surface area contributed by atoms with Gasteiger partial charge < -0.3 is 9.30 Å². The Morgan fingerprint density at radius 3 is 2.42 bits per heavy atom. The van der Waals surface area contributed by atoms with E-state index in [-0.39, 0.29) is 5.66 Å². The Bertz CT molecular complexity index is 855. The monoisotopic (exact) mass is 369 g/mol. The van der Waals surface area contributed by atoms with E-state index in [0.717, 1.165) is 24.8 Å². The van der Waals surface area contributed by atoms with Crippen LogP contribution in [-0.4, -0.2) is 24.9 Å². The van der Waals surface area contributed by atoms with Crippen molar-refractivity contribution in [3.8, 4) is 5.75 Å². The Hall–Kier alpha value is -1.83. The highest BCUT2D eigenvalue weighted by molar-refractivity contribution is 7.70. The van der Waals surface area contributed by atoms with Crippen molar-refractivity contribution in [1.82, 2.24) is 4.67 Å². The molecule has 138 valence electrons. The summed E-state index contributed by atoms with van der Waals surface area (Å²) in [5.41, 5.74) is 3.51. The maximum absolute atomic E-state index is 14.9. The maximum Gasteiger partial charge on any atom is 0.193 e. The van der Waals surface area contributed by atoms with Gasteiger partial charge in [-0.3, -0.25) is 0 Å². The lowest BCUT2D eigenvalue weighted by molar-refractivity contribution is 0.413. The highest BCUT2D eigenvalue weighted by atomic mass is 31.2. The minimum atomic E-state index is -2.96. The standard InChI is InChI=1S/C22H28NO2P/c1-5-23(6-2)26(24,21-14-10-9-13-20(21)25-4)22-17(3)15-16-18-11-7-8-12-19(18)22/h7-15,22H,5-6,16H2,1-4H3. The van der Waals surface area contributed by atoms with E-state index in [4.69, 9.17) is 4.74 Å². The fourth-order valence-corrected chi connectivity index (χ4v) is 7.89. The van der Waals surface area contributed by atoms with Crippen LogP contribution >= 0.6 is 7.29 Å². The minimum Gasteiger partial charge on any atom is -0.496 e. The van der Waals surface area contributed by atoms with Crippen molar-refractivity contribution in [2.24, 2.45) is 0 Å². The molecule has 3 rings (SSSR count). The van der Waals surface area contributed by atoms with Crippen molar-refractivity contribution in [3.05, 3.63) is 71.3 Å². The van der Waals surface area contributed by atoms with E-state index in [0.29, 0.717) is 5.75 Å². The van der Waals surface area contributed by atoms with Crippen LogP contribution in [0.25, 0.3) is 0 Å². The highest BCUT2D eigenvalue weighted by Gasteiger charge is 2.44. The number of ether oxygens (including phenoxy) is 1. The number of rotatable bonds is 6. The topological polar surface area (TPSA) is 29.5 Å².